The highest BCUT2D eigenvalue weighted by Crippen LogP contribution is 2.44. The van der Waals surface area contributed by atoms with Crippen LogP contribution in [-0.2, 0) is 5.41 Å². The number of hydrogen-bond donors (Lipinski definition) is 2. The fraction of sp³-hybridized carbons (Fsp3) is 0.455. The fourth-order valence-corrected chi connectivity index (χ4v) is 1.59. The average Bonchev–Trinajstić information content (AvgIpc) is 2.71. The van der Waals surface area contributed by atoms with Crippen molar-refractivity contribution in [3.8, 4) is 17.2 Å². The van der Waals surface area contributed by atoms with Crippen molar-refractivity contribution in [1.29, 1.82) is 0 Å². The molecule has 0 saturated carbocycles. The lowest BCUT2D eigenvalue weighted by Gasteiger charge is -2.23. The second-order valence-electron chi connectivity index (χ2n) is 4.36. The largest absolute Gasteiger partial charge is 0.505 e. The summed E-state index contributed by atoms with van der Waals surface area (Å²) in [6, 6.07) is 1.50. The predicted octanol–water partition coefficient (Wildman–Crippen LogP) is 1.53. The van der Waals surface area contributed by atoms with Crippen molar-refractivity contribution in [3.05, 3.63) is 17.4 Å². The molecule has 2 N–H and O–H groups in total. The van der Waals surface area contributed by atoms with Crippen molar-refractivity contribution in [3.63, 3.8) is 0 Å². The quantitative estimate of drug-likeness (QED) is 0.806. The number of aliphatic hydroxyl groups excluding tert-OH is 1. The first-order chi connectivity index (χ1) is 7.47. The molecule has 2 rings (SSSR count). The Morgan fingerprint density at radius 1 is 1.44 bits per heavy atom. The number of hydrogen-bond acceptors (Lipinski definition) is 4. The molecule has 0 atom stereocenters. The van der Waals surface area contributed by atoms with Gasteiger partial charge in [0.2, 0.25) is 18.4 Å². The van der Waals surface area contributed by atoms with Gasteiger partial charge in [-0.15, -0.1) is 0 Å². The molecular weight excluding hydrogens is 215 g/mol. The minimum atomic E-state index is -0.841. The van der Waals surface area contributed by atoms with Crippen LogP contribution in [0.4, 0.5) is 4.39 Å². The van der Waals surface area contributed by atoms with Crippen LogP contribution in [0.2, 0.25) is 0 Å². The van der Waals surface area contributed by atoms with E-state index in [-0.39, 0.29) is 24.9 Å². The lowest BCUT2D eigenvalue weighted by molar-refractivity contribution is 0.170. The first kappa shape index (κ1) is 11.0. The first-order valence-electron chi connectivity index (χ1n) is 4.90. The summed E-state index contributed by atoms with van der Waals surface area (Å²) in [4.78, 5) is 0. The molecule has 1 heterocycles. The van der Waals surface area contributed by atoms with Crippen LogP contribution in [0, 0.1) is 5.82 Å². The van der Waals surface area contributed by atoms with Crippen LogP contribution in [-0.4, -0.2) is 23.6 Å². The third-order valence-corrected chi connectivity index (χ3v) is 2.70. The molecule has 16 heavy (non-hydrogen) atoms. The maximum Gasteiger partial charge on any atom is 0.231 e. The highest BCUT2D eigenvalue weighted by atomic mass is 19.1. The minimum absolute atomic E-state index is 0.0608. The number of aliphatic hydroxyl groups is 1. The zero-order valence-corrected chi connectivity index (χ0v) is 9.08. The van der Waals surface area contributed by atoms with Crippen molar-refractivity contribution in [2.45, 2.75) is 19.3 Å². The van der Waals surface area contributed by atoms with Crippen LogP contribution in [0.25, 0.3) is 0 Å². The molecule has 4 nitrogen and oxygen atoms in total. The Labute approximate surface area is 92.2 Å². The summed E-state index contributed by atoms with van der Waals surface area (Å²) in [5, 5.41) is 18.9. The molecule has 0 amide bonds. The summed E-state index contributed by atoms with van der Waals surface area (Å²) in [7, 11) is 0. The molecule has 0 unspecified atom stereocenters. The van der Waals surface area contributed by atoms with E-state index in [0.717, 1.165) is 0 Å². The van der Waals surface area contributed by atoms with Crippen LogP contribution in [0.1, 0.15) is 19.4 Å². The standard InChI is InChI=1S/C11H13FO4/c1-11(2,4-13)6-3-7-10(16-5-15-7)8(12)9(6)14/h3,13-14H,4-5H2,1-2H3. The Hall–Kier alpha value is -1.49. The van der Waals surface area contributed by atoms with E-state index in [9.17, 15) is 14.6 Å². The van der Waals surface area contributed by atoms with Gasteiger partial charge in [-0.3, -0.25) is 0 Å². The van der Waals surface area contributed by atoms with Gasteiger partial charge in [0, 0.05) is 11.0 Å². The lowest BCUT2D eigenvalue weighted by atomic mass is 9.84. The lowest BCUT2D eigenvalue weighted by Crippen LogP contribution is -2.22. The van der Waals surface area contributed by atoms with E-state index in [1.807, 2.05) is 0 Å². The van der Waals surface area contributed by atoms with E-state index in [2.05, 4.69) is 0 Å². The van der Waals surface area contributed by atoms with E-state index in [0.29, 0.717) is 5.56 Å². The molecule has 0 radical (unpaired) electrons. The zero-order valence-electron chi connectivity index (χ0n) is 9.08. The fourth-order valence-electron chi connectivity index (χ4n) is 1.59. The Morgan fingerprint density at radius 2 is 2.12 bits per heavy atom. The molecule has 0 fully saturated rings. The van der Waals surface area contributed by atoms with Gasteiger partial charge in [-0.25, -0.2) is 0 Å². The van der Waals surface area contributed by atoms with Crippen molar-refractivity contribution in [1.82, 2.24) is 0 Å². The number of aromatic hydroxyl groups is 1. The van der Waals surface area contributed by atoms with Crippen LogP contribution >= 0.6 is 0 Å². The van der Waals surface area contributed by atoms with Gasteiger partial charge >= 0.3 is 0 Å². The maximum absolute atomic E-state index is 13.7. The molecular formula is C11H13FO4. The van der Waals surface area contributed by atoms with Gasteiger partial charge in [-0.1, -0.05) is 13.8 Å². The van der Waals surface area contributed by atoms with Crippen molar-refractivity contribution >= 4 is 0 Å². The van der Waals surface area contributed by atoms with E-state index in [4.69, 9.17) is 9.47 Å². The van der Waals surface area contributed by atoms with Crippen molar-refractivity contribution < 1.29 is 24.1 Å². The average molecular weight is 228 g/mol. The molecule has 0 bridgehead atoms. The highest BCUT2D eigenvalue weighted by Gasteiger charge is 2.31. The topological polar surface area (TPSA) is 58.9 Å². The smallest absolute Gasteiger partial charge is 0.231 e. The maximum atomic E-state index is 13.7. The third kappa shape index (κ3) is 1.48. The van der Waals surface area contributed by atoms with Gasteiger partial charge < -0.3 is 19.7 Å². The van der Waals surface area contributed by atoms with Gasteiger partial charge in [0.1, 0.15) is 0 Å². The molecule has 1 aromatic carbocycles. The van der Waals surface area contributed by atoms with Crippen LogP contribution in [0.15, 0.2) is 6.07 Å². The van der Waals surface area contributed by atoms with Crippen molar-refractivity contribution in [2.75, 3.05) is 13.4 Å². The Morgan fingerprint density at radius 3 is 2.75 bits per heavy atom. The van der Waals surface area contributed by atoms with Gasteiger partial charge in [0.25, 0.3) is 0 Å². The second-order valence-corrected chi connectivity index (χ2v) is 4.36. The third-order valence-electron chi connectivity index (χ3n) is 2.70. The van der Waals surface area contributed by atoms with Crippen LogP contribution < -0.4 is 9.47 Å². The Kier molecular flexibility index (Phi) is 2.42. The predicted molar refractivity (Wildman–Crippen MR) is 54.3 cm³/mol. The number of phenolic OH excluding ortho intramolecular Hbond substituents is 1. The molecule has 88 valence electrons. The van der Waals surface area contributed by atoms with Gasteiger partial charge in [-0.05, 0) is 6.07 Å². The number of ether oxygens (including phenoxy) is 2. The number of phenols is 1. The van der Waals surface area contributed by atoms with Gasteiger partial charge in [-0.2, -0.15) is 4.39 Å². The molecule has 0 saturated heterocycles. The molecule has 1 aliphatic heterocycles. The second kappa shape index (κ2) is 3.52. The molecule has 1 aromatic rings. The summed E-state index contributed by atoms with van der Waals surface area (Å²) < 4.78 is 23.6. The summed E-state index contributed by atoms with van der Waals surface area (Å²) in [6.07, 6.45) is 0. The first-order valence-corrected chi connectivity index (χ1v) is 4.90. The number of benzene rings is 1. The SMILES string of the molecule is CC(C)(CO)c1cc2c(c(F)c1O)OCO2. The van der Waals surface area contributed by atoms with E-state index in [1.165, 1.54) is 6.07 Å². The molecule has 0 spiro atoms. The highest BCUT2D eigenvalue weighted by molar-refractivity contribution is 5.54. The van der Waals surface area contributed by atoms with E-state index < -0.39 is 17.0 Å². The normalized spacial score (nSPS) is 14.2. The monoisotopic (exact) mass is 228 g/mol. The number of halogens is 1. The molecule has 1 aliphatic rings. The summed E-state index contributed by atoms with van der Waals surface area (Å²) >= 11 is 0. The van der Waals surface area contributed by atoms with Crippen molar-refractivity contribution in [2.24, 2.45) is 0 Å². The molecule has 5 heteroatoms. The number of fused-ring (bicyclic) bond motifs is 1. The Bertz CT molecular complexity index is 428. The number of rotatable bonds is 2. The summed E-state index contributed by atoms with van der Waals surface area (Å²) in [5.41, 5.74) is -0.442. The van der Waals surface area contributed by atoms with Crippen LogP contribution in [0.3, 0.4) is 0 Å². The van der Waals surface area contributed by atoms with E-state index >= 15 is 0 Å². The van der Waals surface area contributed by atoms with Crippen LogP contribution in [0.5, 0.6) is 17.2 Å². The van der Waals surface area contributed by atoms with E-state index in [1.54, 1.807) is 13.8 Å². The summed E-state index contributed by atoms with van der Waals surface area (Å²) in [6.45, 7) is 3.13. The minimum Gasteiger partial charge on any atom is -0.505 e. The Balaban J connectivity index is 2.60. The summed E-state index contributed by atoms with van der Waals surface area (Å²) in [5.74, 6) is -1.16. The zero-order chi connectivity index (χ0) is 11.9. The van der Waals surface area contributed by atoms with Gasteiger partial charge in [0.15, 0.2) is 11.5 Å². The molecule has 0 aliphatic carbocycles. The van der Waals surface area contributed by atoms with Gasteiger partial charge in [0.05, 0.1) is 6.61 Å². The molecule has 0 aromatic heterocycles.